The number of nitrogens with zero attached hydrogens (tertiary/aromatic N) is 1. The van der Waals surface area contributed by atoms with Crippen LogP contribution in [0.3, 0.4) is 0 Å². The van der Waals surface area contributed by atoms with Gasteiger partial charge in [-0.3, -0.25) is 24.1 Å². The highest BCUT2D eigenvalue weighted by atomic mass is 19.4. The third-order valence-corrected chi connectivity index (χ3v) is 9.31. The van der Waals surface area contributed by atoms with E-state index >= 15 is 0 Å². The summed E-state index contributed by atoms with van der Waals surface area (Å²) in [5, 5.41) is 31.0. The molecule has 0 aromatic heterocycles. The predicted molar refractivity (Wildman–Crippen MR) is 164 cm³/mol. The van der Waals surface area contributed by atoms with Crippen molar-refractivity contribution in [3.8, 4) is 11.5 Å². The molecule has 2 aliphatic heterocycles. The SMILES string of the molecule is COc1ccc2c3c1O[C@H]1C(OC(=O)CCNC(=O)[C@H](C)O)=CC[C@@]4(OC(=O)CCNC(=O)[C@H](C)O)[C@@H](C2)N(C)CC[C@]314.O=C(O)C(F)(F)F. The van der Waals surface area contributed by atoms with Crippen molar-refractivity contribution in [2.45, 2.75) is 87.5 Å². The first-order valence-electron chi connectivity index (χ1n) is 15.8. The second-order valence-corrected chi connectivity index (χ2v) is 12.4. The van der Waals surface area contributed by atoms with Crippen molar-refractivity contribution in [3.05, 3.63) is 35.1 Å². The van der Waals surface area contributed by atoms with Gasteiger partial charge in [-0.15, -0.1) is 0 Å². The smallest absolute Gasteiger partial charge is 0.490 e. The number of likely N-dealkylation sites (N-methyl/N-ethyl adjacent to an activating group) is 1. The van der Waals surface area contributed by atoms with Crippen molar-refractivity contribution in [3.63, 3.8) is 0 Å². The molecule has 15 nitrogen and oxygen atoms in total. The van der Waals surface area contributed by atoms with Gasteiger partial charge in [-0.05, 0) is 58.0 Å². The van der Waals surface area contributed by atoms with Gasteiger partial charge in [0, 0.05) is 25.1 Å². The first-order valence-corrected chi connectivity index (χ1v) is 15.8. The zero-order valence-corrected chi connectivity index (χ0v) is 27.8. The van der Waals surface area contributed by atoms with E-state index in [1.807, 2.05) is 19.2 Å². The van der Waals surface area contributed by atoms with Crippen LogP contribution in [0, 0.1) is 0 Å². The number of piperidine rings is 1. The number of hydrogen-bond acceptors (Lipinski definition) is 12. The molecule has 1 saturated heterocycles. The number of aliphatic hydroxyl groups is 2. The van der Waals surface area contributed by atoms with Crippen LogP contribution >= 0.6 is 0 Å². The van der Waals surface area contributed by atoms with Crippen molar-refractivity contribution in [2.75, 3.05) is 33.8 Å². The van der Waals surface area contributed by atoms with Gasteiger partial charge in [-0.1, -0.05) is 6.07 Å². The van der Waals surface area contributed by atoms with Gasteiger partial charge >= 0.3 is 24.1 Å². The van der Waals surface area contributed by atoms with Crippen molar-refractivity contribution < 1.29 is 71.4 Å². The summed E-state index contributed by atoms with van der Waals surface area (Å²) in [6.07, 6.45) is -5.35. The summed E-state index contributed by atoms with van der Waals surface area (Å²) in [6, 6.07) is 3.64. The summed E-state index contributed by atoms with van der Waals surface area (Å²) >= 11 is 0. The molecule has 0 unspecified atom stereocenters. The number of ether oxygens (including phenoxy) is 4. The highest BCUT2D eigenvalue weighted by Gasteiger charge is 2.74. The van der Waals surface area contributed by atoms with Crippen LogP contribution in [0.5, 0.6) is 11.5 Å². The number of amides is 2. The number of methoxy groups -OCH3 is 1. The lowest BCUT2D eigenvalue weighted by Gasteiger charge is -2.62. The number of carboxylic acids is 1. The normalized spacial score (nSPS) is 25.6. The first kappa shape index (κ1) is 38.4. The van der Waals surface area contributed by atoms with E-state index in [9.17, 15) is 42.6 Å². The molecular formula is C32H40F3N3O12. The number of nitrogens with one attached hydrogen (secondary N) is 2. The summed E-state index contributed by atoms with van der Waals surface area (Å²) in [5.41, 5.74) is -0.0197. The quantitative estimate of drug-likeness (QED) is 0.198. The van der Waals surface area contributed by atoms with Gasteiger partial charge in [0.15, 0.2) is 17.6 Å². The Kier molecular flexibility index (Phi) is 11.4. The zero-order chi connectivity index (χ0) is 37.2. The largest absolute Gasteiger partial charge is 0.493 e. The van der Waals surface area contributed by atoms with Crippen LogP contribution in [0.25, 0.3) is 0 Å². The van der Waals surface area contributed by atoms with Gasteiger partial charge in [0.2, 0.25) is 11.8 Å². The highest BCUT2D eigenvalue weighted by Crippen LogP contribution is 2.66. The van der Waals surface area contributed by atoms with Gasteiger partial charge in [0.05, 0.1) is 31.4 Å². The van der Waals surface area contributed by atoms with Gasteiger partial charge in [-0.2, -0.15) is 13.2 Å². The zero-order valence-electron chi connectivity index (χ0n) is 27.8. The van der Waals surface area contributed by atoms with Crippen LogP contribution in [0.4, 0.5) is 13.2 Å². The lowest BCUT2D eigenvalue weighted by molar-refractivity contribution is -0.206. The molecule has 6 atom stereocenters. The van der Waals surface area contributed by atoms with E-state index in [0.717, 1.165) is 11.1 Å². The monoisotopic (exact) mass is 715 g/mol. The summed E-state index contributed by atoms with van der Waals surface area (Å²) < 4.78 is 56.3. The number of halogens is 3. The molecule has 1 aromatic carbocycles. The molecule has 2 heterocycles. The number of carbonyl (C=O) groups excluding carboxylic acids is 4. The van der Waals surface area contributed by atoms with Gasteiger partial charge in [-0.25, -0.2) is 4.79 Å². The second-order valence-electron chi connectivity index (χ2n) is 12.4. The highest BCUT2D eigenvalue weighted by molar-refractivity contribution is 5.81. The third-order valence-electron chi connectivity index (χ3n) is 9.31. The summed E-state index contributed by atoms with van der Waals surface area (Å²) in [6.45, 7) is 3.35. The first-order chi connectivity index (χ1) is 23.4. The van der Waals surface area contributed by atoms with Crippen molar-refractivity contribution in [1.82, 2.24) is 15.5 Å². The van der Waals surface area contributed by atoms with Crippen LogP contribution < -0.4 is 20.1 Å². The lowest BCUT2D eigenvalue weighted by atomic mass is 9.50. The number of esters is 2. The third kappa shape index (κ3) is 7.22. The summed E-state index contributed by atoms with van der Waals surface area (Å²) in [4.78, 5) is 60.9. The molecule has 276 valence electrons. The Morgan fingerprint density at radius 1 is 1.04 bits per heavy atom. The minimum absolute atomic E-state index is 0.00599. The lowest BCUT2D eigenvalue weighted by Crippen LogP contribution is -2.75. The molecule has 0 saturated carbocycles. The average molecular weight is 716 g/mol. The molecule has 5 rings (SSSR count). The van der Waals surface area contributed by atoms with Crippen molar-refractivity contribution in [1.29, 1.82) is 0 Å². The Labute approximate surface area is 284 Å². The Morgan fingerprint density at radius 3 is 2.16 bits per heavy atom. The van der Waals surface area contributed by atoms with E-state index in [4.69, 9.17) is 28.8 Å². The van der Waals surface area contributed by atoms with Crippen molar-refractivity contribution in [2.24, 2.45) is 0 Å². The maximum Gasteiger partial charge on any atom is 0.490 e. The fraction of sp³-hybridized carbons (Fsp3) is 0.594. The molecule has 2 aliphatic carbocycles. The number of benzene rings is 1. The maximum absolute atomic E-state index is 13.4. The second kappa shape index (κ2) is 14.8. The van der Waals surface area contributed by atoms with Crippen molar-refractivity contribution >= 4 is 29.7 Å². The Morgan fingerprint density at radius 2 is 1.62 bits per heavy atom. The number of likely N-dealkylation sites (tertiary alicyclic amines) is 1. The Balaban J connectivity index is 0.000000727. The number of alkyl halides is 3. The number of carbonyl (C=O) groups is 5. The molecule has 5 N–H and O–H groups in total. The molecule has 18 heteroatoms. The minimum Gasteiger partial charge on any atom is -0.493 e. The molecule has 2 bridgehead atoms. The van der Waals surface area contributed by atoms with E-state index in [-0.39, 0.29) is 38.4 Å². The van der Waals surface area contributed by atoms with E-state index < -0.39 is 65.2 Å². The molecule has 0 radical (unpaired) electrons. The van der Waals surface area contributed by atoms with E-state index in [1.54, 1.807) is 13.2 Å². The predicted octanol–water partition coefficient (Wildman–Crippen LogP) is 0.475. The topological polar surface area (TPSA) is 210 Å². The molecule has 1 aromatic rings. The molecule has 1 fully saturated rings. The fourth-order valence-electron chi connectivity index (χ4n) is 7.06. The summed E-state index contributed by atoms with van der Waals surface area (Å²) in [5.74, 6) is -3.66. The fourth-order valence-corrected chi connectivity index (χ4v) is 7.06. The van der Waals surface area contributed by atoms with Gasteiger partial charge in [0.25, 0.3) is 0 Å². The van der Waals surface area contributed by atoms with Crippen LogP contribution in [0.1, 0.15) is 50.7 Å². The van der Waals surface area contributed by atoms with Crippen LogP contribution in [0.2, 0.25) is 0 Å². The number of carboxylic acid groups (broad SMARTS) is 1. The van der Waals surface area contributed by atoms with E-state index in [1.165, 1.54) is 13.8 Å². The molecule has 1 spiro atoms. The molecular weight excluding hydrogens is 675 g/mol. The van der Waals surface area contributed by atoms with Crippen LogP contribution in [0.15, 0.2) is 24.0 Å². The number of aliphatic carboxylic acids is 1. The maximum atomic E-state index is 13.4. The van der Waals surface area contributed by atoms with Gasteiger partial charge in [0.1, 0.15) is 23.6 Å². The minimum atomic E-state index is -5.08. The molecule has 50 heavy (non-hydrogen) atoms. The number of aliphatic hydroxyl groups excluding tert-OH is 2. The van der Waals surface area contributed by atoms with Crippen LogP contribution in [-0.2, 0) is 45.3 Å². The molecule has 2 amide bonds. The van der Waals surface area contributed by atoms with Crippen LogP contribution in [-0.4, -0.2) is 120 Å². The standard InChI is InChI=1S/C30H39N3O10.C2HF3O2/c1-16(34)27(38)31-12-8-22(36)41-20-7-10-30(43-23(37)9-13-32-28(39)17(2)35)21-15-18-5-6-19(40-4)25-24(18)29(30,26(20)42-25)11-14-33(21)3;3-2(4,5)1(6)7/h5-7,16-17,21,26,34-35H,8-15H2,1-4H3,(H,31,38)(H,32,39);(H,6,7)/t16-,17-,21+,26-,29-,30+;/m0./s1. The number of hydrogen-bond donors (Lipinski definition) is 5. The summed E-state index contributed by atoms with van der Waals surface area (Å²) in [7, 11) is 3.55. The molecule has 4 aliphatic rings. The average Bonchev–Trinajstić information content (AvgIpc) is 3.39. The Hall–Kier alpha value is -4.42. The van der Waals surface area contributed by atoms with Gasteiger partial charge < -0.3 is 44.9 Å². The number of rotatable bonds is 11. The Bertz CT molecular complexity index is 1550. The van der Waals surface area contributed by atoms with E-state index in [0.29, 0.717) is 36.6 Å². The van der Waals surface area contributed by atoms with E-state index in [2.05, 4.69) is 15.5 Å².